The van der Waals surface area contributed by atoms with Crippen molar-refractivity contribution < 1.29 is 4.74 Å². The first-order chi connectivity index (χ1) is 7.70. The van der Waals surface area contributed by atoms with Gasteiger partial charge in [-0.2, -0.15) is 0 Å². The van der Waals surface area contributed by atoms with Crippen molar-refractivity contribution in [2.24, 2.45) is 5.92 Å². The van der Waals surface area contributed by atoms with Gasteiger partial charge in [-0.3, -0.25) is 0 Å². The fourth-order valence-corrected chi connectivity index (χ4v) is 2.37. The molecule has 0 aromatic rings. The first-order valence-corrected chi connectivity index (χ1v) is 7.05. The van der Waals surface area contributed by atoms with Gasteiger partial charge in [-0.1, -0.05) is 33.1 Å². The van der Waals surface area contributed by atoms with E-state index in [9.17, 15) is 0 Å². The standard InChI is InChI=1S/C14H29NO/c1-4-6-8-13(5-2)11-16-14(3)9-7-10-15-12-14/h13,15H,4-12H2,1-3H3. The normalized spacial score (nSPS) is 27.9. The fourth-order valence-electron chi connectivity index (χ4n) is 2.37. The summed E-state index contributed by atoms with van der Waals surface area (Å²) in [6.07, 6.45) is 7.69. The molecule has 0 aromatic heterocycles. The van der Waals surface area contributed by atoms with Gasteiger partial charge in [-0.15, -0.1) is 0 Å². The van der Waals surface area contributed by atoms with E-state index in [1.165, 1.54) is 38.5 Å². The quantitative estimate of drug-likeness (QED) is 0.720. The van der Waals surface area contributed by atoms with Crippen molar-refractivity contribution in [3.8, 4) is 0 Å². The lowest BCUT2D eigenvalue weighted by Gasteiger charge is -2.35. The summed E-state index contributed by atoms with van der Waals surface area (Å²) in [7, 11) is 0. The molecule has 2 nitrogen and oxygen atoms in total. The summed E-state index contributed by atoms with van der Waals surface area (Å²) in [6, 6.07) is 0. The molecule has 1 heterocycles. The number of rotatable bonds is 7. The van der Waals surface area contributed by atoms with E-state index in [-0.39, 0.29) is 5.60 Å². The Kier molecular flexibility index (Phi) is 6.37. The highest BCUT2D eigenvalue weighted by molar-refractivity contribution is 4.82. The maximum absolute atomic E-state index is 6.16. The van der Waals surface area contributed by atoms with Crippen LogP contribution in [0.4, 0.5) is 0 Å². The molecule has 0 saturated carbocycles. The maximum Gasteiger partial charge on any atom is 0.0778 e. The summed E-state index contributed by atoms with van der Waals surface area (Å²) >= 11 is 0. The first-order valence-electron chi connectivity index (χ1n) is 7.05. The molecule has 2 heteroatoms. The van der Waals surface area contributed by atoms with E-state index in [0.717, 1.165) is 25.6 Å². The third kappa shape index (κ3) is 4.84. The second kappa shape index (κ2) is 7.29. The molecule has 1 aliphatic rings. The summed E-state index contributed by atoms with van der Waals surface area (Å²) in [4.78, 5) is 0. The highest BCUT2D eigenvalue weighted by atomic mass is 16.5. The summed E-state index contributed by atoms with van der Waals surface area (Å²) in [5.41, 5.74) is 0.0951. The van der Waals surface area contributed by atoms with Crippen LogP contribution in [-0.2, 0) is 4.74 Å². The van der Waals surface area contributed by atoms with Crippen molar-refractivity contribution in [2.45, 2.75) is 64.9 Å². The SMILES string of the molecule is CCCCC(CC)COC1(C)CCCNC1. The van der Waals surface area contributed by atoms with Crippen LogP contribution in [0.25, 0.3) is 0 Å². The van der Waals surface area contributed by atoms with Crippen LogP contribution in [0.15, 0.2) is 0 Å². The topological polar surface area (TPSA) is 21.3 Å². The molecular weight excluding hydrogens is 198 g/mol. The molecule has 2 unspecified atom stereocenters. The number of piperidine rings is 1. The van der Waals surface area contributed by atoms with Crippen molar-refractivity contribution in [1.82, 2.24) is 5.32 Å². The zero-order chi connectivity index (χ0) is 11.9. The van der Waals surface area contributed by atoms with Gasteiger partial charge in [0.15, 0.2) is 0 Å². The molecule has 1 aliphatic heterocycles. The lowest BCUT2D eigenvalue weighted by molar-refractivity contribution is -0.0629. The van der Waals surface area contributed by atoms with Crippen LogP contribution in [0.3, 0.4) is 0 Å². The third-order valence-electron chi connectivity index (χ3n) is 3.77. The van der Waals surface area contributed by atoms with Crippen LogP contribution < -0.4 is 5.32 Å². The average molecular weight is 227 g/mol. The minimum atomic E-state index is 0.0951. The van der Waals surface area contributed by atoms with E-state index in [2.05, 4.69) is 26.1 Å². The van der Waals surface area contributed by atoms with Gasteiger partial charge < -0.3 is 10.1 Å². The fraction of sp³-hybridized carbons (Fsp3) is 1.00. The Labute approximate surface area is 101 Å². The molecule has 0 bridgehead atoms. The molecule has 96 valence electrons. The van der Waals surface area contributed by atoms with Crippen LogP contribution in [-0.4, -0.2) is 25.3 Å². The molecule has 0 spiro atoms. The van der Waals surface area contributed by atoms with Gasteiger partial charge in [0.05, 0.1) is 12.2 Å². The van der Waals surface area contributed by atoms with Crippen LogP contribution in [0.1, 0.15) is 59.3 Å². The molecule has 0 aliphatic carbocycles. The van der Waals surface area contributed by atoms with Gasteiger partial charge >= 0.3 is 0 Å². The van der Waals surface area contributed by atoms with Crippen molar-refractivity contribution in [3.63, 3.8) is 0 Å². The van der Waals surface area contributed by atoms with E-state index >= 15 is 0 Å². The first kappa shape index (κ1) is 14.0. The minimum absolute atomic E-state index is 0.0951. The van der Waals surface area contributed by atoms with Crippen molar-refractivity contribution in [1.29, 1.82) is 0 Å². The van der Waals surface area contributed by atoms with Gasteiger partial charge in [-0.25, -0.2) is 0 Å². The second-order valence-corrected chi connectivity index (χ2v) is 5.46. The molecule has 0 radical (unpaired) electrons. The largest absolute Gasteiger partial charge is 0.374 e. The Hall–Kier alpha value is -0.0800. The zero-order valence-corrected chi connectivity index (χ0v) is 11.3. The molecule has 1 fully saturated rings. The average Bonchev–Trinajstić information content (AvgIpc) is 2.30. The predicted octanol–water partition coefficient (Wildman–Crippen LogP) is 3.36. The molecule has 0 amide bonds. The van der Waals surface area contributed by atoms with Gasteiger partial charge in [0.25, 0.3) is 0 Å². The monoisotopic (exact) mass is 227 g/mol. The lowest BCUT2D eigenvalue weighted by Crippen LogP contribution is -2.46. The third-order valence-corrected chi connectivity index (χ3v) is 3.77. The predicted molar refractivity (Wildman–Crippen MR) is 69.8 cm³/mol. The van der Waals surface area contributed by atoms with Crippen LogP contribution in [0.2, 0.25) is 0 Å². The summed E-state index contributed by atoms with van der Waals surface area (Å²) < 4.78 is 6.16. The van der Waals surface area contributed by atoms with Crippen molar-refractivity contribution in [3.05, 3.63) is 0 Å². The molecule has 16 heavy (non-hydrogen) atoms. The Bertz CT molecular complexity index is 176. The molecule has 2 atom stereocenters. The number of unbranched alkanes of at least 4 members (excludes halogenated alkanes) is 1. The Morgan fingerprint density at radius 3 is 2.75 bits per heavy atom. The Morgan fingerprint density at radius 2 is 2.19 bits per heavy atom. The molecule has 1 N–H and O–H groups in total. The summed E-state index contributed by atoms with van der Waals surface area (Å²) in [5.74, 6) is 0.763. The summed E-state index contributed by atoms with van der Waals surface area (Å²) in [6.45, 7) is 9.94. The molecular formula is C14H29NO. The van der Waals surface area contributed by atoms with Crippen molar-refractivity contribution in [2.75, 3.05) is 19.7 Å². The van der Waals surface area contributed by atoms with E-state index in [0.29, 0.717) is 0 Å². The van der Waals surface area contributed by atoms with Crippen LogP contribution >= 0.6 is 0 Å². The number of hydrogen-bond acceptors (Lipinski definition) is 2. The Balaban J connectivity index is 2.24. The van der Waals surface area contributed by atoms with Gasteiger partial charge in [0.2, 0.25) is 0 Å². The zero-order valence-electron chi connectivity index (χ0n) is 11.3. The van der Waals surface area contributed by atoms with E-state index in [1.807, 2.05) is 0 Å². The molecule has 1 rings (SSSR count). The maximum atomic E-state index is 6.16. The van der Waals surface area contributed by atoms with E-state index in [4.69, 9.17) is 4.74 Å². The van der Waals surface area contributed by atoms with E-state index in [1.54, 1.807) is 0 Å². The lowest BCUT2D eigenvalue weighted by atomic mass is 9.95. The van der Waals surface area contributed by atoms with Gasteiger partial charge in [-0.05, 0) is 38.6 Å². The van der Waals surface area contributed by atoms with Crippen molar-refractivity contribution >= 4 is 0 Å². The van der Waals surface area contributed by atoms with Crippen LogP contribution in [0.5, 0.6) is 0 Å². The molecule has 0 aromatic carbocycles. The van der Waals surface area contributed by atoms with Gasteiger partial charge in [0.1, 0.15) is 0 Å². The highest BCUT2D eigenvalue weighted by Crippen LogP contribution is 2.23. The van der Waals surface area contributed by atoms with Crippen LogP contribution in [0, 0.1) is 5.92 Å². The highest BCUT2D eigenvalue weighted by Gasteiger charge is 2.27. The number of nitrogens with one attached hydrogen (secondary N) is 1. The summed E-state index contributed by atoms with van der Waals surface area (Å²) in [5, 5.41) is 3.44. The second-order valence-electron chi connectivity index (χ2n) is 5.46. The molecule has 1 saturated heterocycles. The minimum Gasteiger partial charge on any atom is -0.374 e. The van der Waals surface area contributed by atoms with Gasteiger partial charge in [0, 0.05) is 6.54 Å². The smallest absolute Gasteiger partial charge is 0.0778 e. The van der Waals surface area contributed by atoms with E-state index < -0.39 is 0 Å². The number of hydrogen-bond donors (Lipinski definition) is 1. The number of ether oxygens (including phenoxy) is 1. The Morgan fingerprint density at radius 1 is 1.38 bits per heavy atom.